The van der Waals surface area contributed by atoms with Crippen molar-refractivity contribution in [3.8, 4) is 0 Å². The van der Waals surface area contributed by atoms with Crippen molar-refractivity contribution in [2.45, 2.75) is 20.4 Å². The summed E-state index contributed by atoms with van der Waals surface area (Å²) in [4.78, 5) is 1.89. The van der Waals surface area contributed by atoms with Crippen molar-refractivity contribution in [1.82, 2.24) is 15.5 Å². The number of aryl methyl sites for hydroxylation is 2. The summed E-state index contributed by atoms with van der Waals surface area (Å²) in [6.07, 6.45) is 0. The number of nitrogens with zero attached hydrogens (tertiary/aromatic N) is 3. The van der Waals surface area contributed by atoms with E-state index in [9.17, 15) is 0 Å². The molecule has 1 aromatic heterocycles. The number of rotatable bonds is 7. The molecule has 0 aliphatic heterocycles. The van der Waals surface area contributed by atoms with Crippen LogP contribution in [0.5, 0.6) is 0 Å². The van der Waals surface area contributed by atoms with Crippen molar-refractivity contribution in [1.29, 1.82) is 0 Å². The highest BCUT2D eigenvalue weighted by molar-refractivity contribution is 5.57. The SMILES string of the molecule is COCCNCc1nnc(N(C)c2cc(C)cc(C)c2)o1. The first-order valence-corrected chi connectivity index (χ1v) is 6.94. The number of methoxy groups -OCH3 is 1. The zero-order chi connectivity index (χ0) is 15.2. The fraction of sp³-hybridized carbons (Fsp3) is 0.467. The summed E-state index contributed by atoms with van der Waals surface area (Å²) < 4.78 is 10.6. The average Bonchev–Trinajstić information content (AvgIpc) is 2.90. The number of hydrogen-bond acceptors (Lipinski definition) is 6. The minimum atomic E-state index is 0.489. The third-order valence-electron chi connectivity index (χ3n) is 3.10. The lowest BCUT2D eigenvalue weighted by molar-refractivity contribution is 0.198. The number of benzene rings is 1. The minimum Gasteiger partial charge on any atom is -0.406 e. The summed E-state index contributed by atoms with van der Waals surface area (Å²) in [7, 11) is 3.59. The van der Waals surface area contributed by atoms with Crippen LogP contribution >= 0.6 is 0 Å². The van der Waals surface area contributed by atoms with Gasteiger partial charge in [-0.1, -0.05) is 11.2 Å². The smallest absolute Gasteiger partial charge is 0.322 e. The van der Waals surface area contributed by atoms with Gasteiger partial charge in [0.25, 0.3) is 0 Å². The fourth-order valence-electron chi connectivity index (χ4n) is 2.08. The van der Waals surface area contributed by atoms with E-state index >= 15 is 0 Å². The molecule has 0 aliphatic carbocycles. The standard InChI is InChI=1S/C15H22N4O2/c1-11-7-12(2)9-13(8-11)19(3)15-18-17-14(21-15)10-16-5-6-20-4/h7-9,16H,5-6,10H2,1-4H3. The maximum absolute atomic E-state index is 5.66. The second-order valence-corrected chi connectivity index (χ2v) is 5.05. The lowest BCUT2D eigenvalue weighted by atomic mass is 10.1. The first-order chi connectivity index (χ1) is 10.1. The highest BCUT2D eigenvalue weighted by Gasteiger charge is 2.12. The van der Waals surface area contributed by atoms with Gasteiger partial charge in [-0.25, -0.2) is 0 Å². The molecule has 1 aromatic carbocycles. The molecule has 0 amide bonds. The van der Waals surface area contributed by atoms with Crippen molar-refractivity contribution >= 4 is 11.7 Å². The van der Waals surface area contributed by atoms with Gasteiger partial charge in [-0.3, -0.25) is 4.90 Å². The Morgan fingerprint density at radius 1 is 1.19 bits per heavy atom. The van der Waals surface area contributed by atoms with Crippen LogP contribution in [0.1, 0.15) is 17.0 Å². The Hall–Kier alpha value is -1.92. The zero-order valence-corrected chi connectivity index (χ0v) is 13.0. The minimum absolute atomic E-state index is 0.489. The van der Waals surface area contributed by atoms with Gasteiger partial charge >= 0.3 is 6.01 Å². The van der Waals surface area contributed by atoms with Gasteiger partial charge in [0.05, 0.1) is 13.2 Å². The summed E-state index contributed by atoms with van der Waals surface area (Å²) in [5, 5.41) is 11.3. The van der Waals surface area contributed by atoms with Gasteiger partial charge in [-0.05, 0) is 37.1 Å². The molecule has 0 unspecified atom stereocenters. The summed E-state index contributed by atoms with van der Waals surface area (Å²) in [5.74, 6) is 0.567. The number of anilines is 2. The van der Waals surface area contributed by atoms with E-state index in [0.717, 1.165) is 12.2 Å². The maximum atomic E-state index is 5.66. The van der Waals surface area contributed by atoms with Crippen LogP contribution in [-0.2, 0) is 11.3 Å². The summed E-state index contributed by atoms with van der Waals surface area (Å²) in [6.45, 7) is 6.09. The Morgan fingerprint density at radius 3 is 2.57 bits per heavy atom. The molecule has 6 heteroatoms. The summed E-state index contributed by atoms with van der Waals surface area (Å²) in [6, 6.07) is 6.81. The van der Waals surface area contributed by atoms with Crippen molar-refractivity contribution in [2.75, 3.05) is 32.2 Å². The molecule has 21 heavy (non-hydrogen) atoms. The molecule has 2 aromatic rings. The van der Waals surface area contributed by atoms with Gasteiger partial charge in [0.2, 0.25) is 5.89 Å². The summed E-state index contributed by atoms with van der Waals surface area (Å²) >= 11 is 0. The Balaban J connectivity index is 2.02. The van der Waals surface area contributed by atoms with E-state index < -0.39 is 0 Å². The molecular formula is C15H22N4O2. The largest absolute Gasteiger partial charge is 0.406 e. The van der Waals surface area contributed by atoms with E-state index in [2.05, 4.69) is 47.6 Å². The fourth-order valence-corrected chi connectivity index (χ4v) is 2.08. The van der Waals surface area contributed by atoms with Crippen LogP contribution in [0.3, 0.4) is 0 Å². The predicted octanol–water partition coefficient (Wildman–Crippen LogP) is 2.19. The van der Waals surface area contributed by atoms with E-state index in [0.29, 0.717) is 25.1 Å². The van der Waals surface area contributed by atoms with Gasteiger partial charge in [-0.15, -0.1) is 5.10 Å². The molecule has 0 radical (unpaired) electrons. The maximum Gasteiger partial charge on any atom is 0.322 e. The van der Waals surface area contributed by atoms with Gasteiger partial charge < -0.3 is 14.5 Å². The predicted molar refractivity (Wildman–Crippen MR) is 81.9 cm³/mol. The third kappa shape index (κ3) is 4.27. The molecule has 0 spiro atoms. The van der Waals surface area contributed by atoms with Crippen LogP contribution in [-0.4, -0.2) is 37.5 Å². The van der Waals surface area contributed by atoms with Gasteiger partial charge in [-0.2, -0.15) is 0 Å². The lowest BCUT2D eigenvalue weighted by Crippen LogP contribution is -2.18. The molecule has 0 atom stereocenters. The lowest BCUT2D eigenvalue weighted by Gasteiger charge is -2.15. The molecule has 114 valence electrons. The van der Waals surface area contributed by atoms with Gasteiger partial charge in [0, 0.05) is 26.4 Å². The molecule has 0 saturated heterocycles. The van der Waals surface area contributed by atoms with Crippen LogP contribution in [0, 0.1) is 13.8 Å². The molecule has 2 rings (SSSR count). The highest BCUT2D eigenvalue weighted by Crippen LogP contribution is 2.24. The van der Waals surface area contributed by atoms with Crippen molar-refractivity contribution < 1.29 is 9.15 Å². The Bertz CT molecular complexity index is 563. The number of ether oxygens (including phenoxy) is 1. The number of aromatic nitrogens is 2. The van der Waals surface area contributed by atoms with E-state index in [-0.39, 0.29) is 0 Å². The van der Waals surface area contributed by atoms with Crippen molar-refractivity contribution in [3.05, 3.63) is 35.2 Å². The Morgan fingerprint density at radius 2 is 1.90 bits per heavy atom. The molecule has 0 aliphatic rings. The Kier molecular flexibility index (Phi) is 5.30. The van der Waals surface area contributed by atoms with Gasteiger partial charge in [0.15, 0.2) is 0 Å². The van der Waals surface area contributed by atoms with Crippen LogP contribution in [0.25, 0.3) is 0 Å². The molecular weight excluding hydrogens is 268 g/mol. The van der Waals surface area contributed by atoms with E-state index in [1.807, 2.05) is 11.9 Å². The molecule has 1 N–H and O–H groups in total. The van der Waals surface area contributed by atoms with E-state index in [1.165, 1.54) is 11.1 Å². The molecule has 1 heterocycles. The van der Waals surface area contributed by atoms with Crippen LogP contribution < -0.4 is 10.2 Å². The quantitative estimate of drug-likeness (QED) is 0.789. The van der Waals surface area contributed by atoms with Crippen LogP contribution in [0.15, 0.2) is 22.6 Å². The summed E-state index contributed by atoms with van der Waals surface area (Å²) in [5.41, 5.74) is 3.45. The highest BCUT2D eigenvalue weighted by atomic mass is 16.5. The second-order valence-electron chi connectivity index (χ2n) is 5.05. The molecule has 0 fully saturated rings. The molecule has 0 bridgehead atoms. The van der Waals surface area contributed by atoms with Crippen molar-refractivity contribution in [2.24, 2.45) is 0 Å². The third-order valence-corrected chi connectivity index (χ3v) is 3.10. The average molecular weight is 290 g/mol. The first kappa shape index (κ1) is 15.5. The Labute approximate surface area is 125 Å². The van der Waals surface area contributed by atoms with Crippen LogP contribution in [0.2, 0.25) is 0 Å². The van der Waals surface area contributed by atoms with Gasteiger partial charge in [0.1, 0.15) is 0 Å². The number of hydrogen-bond donors (Lipinski definition) is 1. The first-order valence-electron chi connectivity index (χ1n) is 6.94. The molecule has 0 saturated carbocycles. The van der Waals surface area contributed by atoms with Crippen molar-refractivity contribution in [3.63, 3.8) is 0 Å². The van der Waals surface area contributed by atoms with E-state index in [1.54, 1.807) is 7.11 Å². The number of nitrogens with one attached hydrogen (secondary N) is 1. The monoisotopic (exact) mass is 290 g/mol. The van der Waals surface area contributed by atoms with Crippen LogP contribution in [0.4, 0.5) is 11.7 Å². The van der Waals surface area contributed by atoms with E-state index in [4.69, 9.17) is 9.15 Å². The topological polar surface area (TPSA) is 63.4 Å². The second kappa shape index (κ2) is 7.19. The zero-order valence-electron chi connectivity index (χ0n) is 13.0. The normalized spacial score (nSPS) is 10.9. The molecule has 6 nitrogen and oxygen atoms in total.